The SMILES string of the molecule is Cc1c(=O)ccc2c1oc1c(-c3ccc[nH]c3=O)c3c[nH][nH]c3nc12. The fraction of sp³-hybridized carbons (Fsp3) is 0.0556. The molecule has 0 amide bonds. The van der Waals surface area contributed by atoms with Gasteiger partial charge in [-0.2, -0.15) is 0 Å². The summed E-state index contributed by atoms with van der Waals surface area (Å²) in [6.45, 7) is 1.72. The molecule has 4 heterocycles. The molecule has 0 saturated carbocycles. The third kappa shape index (κ3) is 1.77. The van der Waals surface area contributed by atoms with Crippen molar-refractivity contribution in [3.05, 3.63) is 62.8 Å². The zero-order valence-corrected chi connectivity index (χ0v) is 13.1. The summed E-state index contributed by atoms with van der Waals surface area (Å²) >= 11 is 0. The molecule has 1 aromatic carbocycles. The number of furan rings is 1. The highest BCUT2D eigenvalue weighted by atomic mass is 16.3. The van der Waals surface area contributed by atoms with Gasteiger partial charge >= 0.3 is 0 Å². The van der Waals surface area contributed by atoms with E-state index in [0.717, 1.165) is 10.8 Å². The van der Waals surface area contributed by atoms with Crippen LogP contribution in [0.5, 0.6) is 0 Å². The number of fused-ring (bicyclic) bond motifs is 4. The van der Waals surface area contributed by atoms with Crippen LogP contribution < -0.4 is 11.0 Å². The first kappa shape index (κ1) is 13.8. The lowest BCUT2D eigenvalue weighted by Crippen LogP contribution is -2.07. The molecular weight excluding hydrogens is 320 g/mol. The van der Waals surface area contributed by atoms with E-state index in [2.05, 4.69) is 20.2 Å². The first-order valence-electron chi connectivity index (χ1n) is 7.75. The lowest BCUT2D eigenvalue weighted by Gasteiger charge is -2.03. The van der Waals surface area contributed by atoms with Gasteiger partial charge in [0.15, 0.2) is 16.7 Å². The van der Waals surface area contributed by atoms with E-state index in [4.69, 9.17) is 4.42 Å². The van der Waals surface area contributed by atoms with Crippen molar-refractivity contribution in [2.45, 2.75) is 6.92 Å². The summed E-state index contributed by atoms with van der Waals surface area (Å²) in [5.41, 5.74) is 3.54. The maximum absolute atomic E-state index is 12.4. The Labute approximate surface area is 139 Å². The van der Waals surface area contributed by atoms with Gasteiger partial charge in [-0.15, -0.1) is 0 Å². The Kier molecular flexibility index (Phi) is 2.59. The van der Waals surface area contributed by atoms with Crippen LogP contribution in [0.2, 0.25) is 0 Å². The molecule has 0 saturated heterocycles. The Balaban J connectivity index is 2.09. The van der Waals surface area contributed by atoms with Crippen molar-refractivity contribution in [3.63, 3.8) is 0 Å². The van der Waals surface area contributed by atoms with Crippen LogP contribution in [0.4, 0.5) is 0 Å². The molecule has 5 rings (SSSR count). The molecule has 4 aromatic heterocycles. The predicted octanol–water partition coefficient (Wildman–Crippen LogP) is 2.81. The quantitative estimate of drug-likeness (QED) is 0.438. The Morgan fingerprint density at radius 3 is 2.80 bits per heavy atom. The average molecular weight is 332 g/mol. The number of nitrogens with one attached hydrogen (secondary N) is 3. The molecule has 5 aromatic rings. The fourth-order valence-electron chi connectivity index (χ4n) is 3.26. The van der Waals surface area contributed by atoms with Crippen LogP contribution in [0.3, 0.4) is 0 Å². The molecule has 0 radical (unpaired) electrons. The highest BCUT2D eigenvalue weighted by molar-refractivity contribution is 6.14. The van der Waals surface area contributed by atoms with Crippen molar-refractivity contribution in [2.75, 3.05) is 0 Å². The van der Waals surface area contributed by atoms with Gasteiger partial charge < -0.3 is 14.5 Å². The van der Waals surface area contributed by atoms with E-state index in [1.807, 2.05) is 0 Å². The maximum atomic E-state index is 12.4. The number of hydrogen-bond donors (Lipinski definition) is 3. The third-order valence-corrected chi connectivity index (χ3v) is 4.50. The minimum atomic E-state index is -0.223. The summed E-state index contributed by atoms with van der Waals surface area (Å²) in [6, 6.07) is 6.71. The summed E-state index contributed by atoms with van der Waals surface area (Å²) in [5.74, 6) is 0. The molecule has 0 unspecified atom stereocenters. The molecule has 122 valence electrons. The van der Waals surface area contributed by atoms with Crippen LogP contribution >= 0.6 is 0 Å². The Bertz CT molecular complexity index is 1400. The highest BCUT2D eigenvalue weighted by Gasteiger charge is 2.21. The van der Waals surface area contributed by atoms with Crippen molar-refractivity contribution >= 4 is 33.1 Å². The standard InChI is InChI=1S/C18H12N4O3/c1-8-12(23)5-4-10-14-16(25-15(8)10)13(9-3-2-6-19-18(9)24)11-7-20-22-17(11)21-14/h2-7H,1H3,(H,19,24)(H2,20,21,22). The molecule has 0 aliphatic carbocycles. The predicted molar refractivity (Wildman–Crippen MR) is 94.8 cm³/mol. The number of nitrogens with zero attached hydrogens (tertiary/aromatic N) is 1. The van der Waals surface area contributed by atoms with E-state index in [0.29, 0.717) is 39.0 Å². The number of aromatic nitrogens is 4. The lowest BCUT2D eigenvalue weighted by atomic mass is 10.0. The number of aryl methyl sites for hydroxylation is 1. The molecule has 7 nitrogen and oxygen atoms in total. The van der Waals surface area contributed by atoms with E-state index in [9.17, 15) is 9.59 Å². The van der Waals surface area contributed by atoms with Crippen LogP contribution in [-0.4, -0.2) is 20.2 Å². The number of hydrogen-bond acceptors (Lipinski definition) is 4. The van der Waals surface area contributed by atoms with Gasteiger partial charge in [-0.1, -0.05) is 0 Å². The van der Waals surface area contributed by atoms with Crippen LogP contribution in [0, 0.1) is 6.92 Å². The average Bonchev–Trinajstić information content (AvgIpc) is 3.21. The molecule has 0 spiro atoms. The number of aromatic amines is 3. The van der Waals surface area contributed by atoms with Gasteiger partial charge in [-0.05, 0) is 31.2 Å². The fourth-order valence-corrected chi connectivity index (χ4v) is 3.26. The number of benzene rings is 1. The Morgan fingerprint density at radius 2 is 1.96 bits per heavy atom. The van der Waals surface area contributed by atoms with Crippen molar-refractivity contribution in [1.29, 1.82) is 0 Å². The molecule has 25 heavy (non-hydrogen) atoms. The minimum Gasteiger partial charge on any atom is -0.453 e. The zero-order chi connectivity index (χ0) is 17.1. The number of H-pyrrole nitrogens is 3. The van der Waals surface area contributed by atoms with Crippen molar-refractivity contribution in [2.24, 2.45) is 0 Å². The van der Waals surface area contributed by atoms with Gasteiger partial charge in [0.2, 0.25) is 0 Å². The Hall–Kier alpha value is -3.61. The van der Waals surface area contributed by atoms with Crippen molar-refractivity contribution < 1.29 is 4.42 Å². The second kappa shape index (κ2) is 4.70. The number of pyridine rings is 2. The summed E-state index contributed by atoms with van der Waals surface area (Å²) < 4.78 is 6.04. The van der Waals surface area contributed by atoms with Crippen LogP contribution in [0.25, 0.3) is 44.2 Å². The van der Waals surface area contributed by atoms with E-state index in [1.54, 1.807) is 37.5 Å². The monoisotopic (exact) mass is 332 g/mol. The summed E-state index contributed by atoms with van der Waals surface area (Å²) in [5, 5.41) is 7.37. The summed E-state index contributed by atoms with van der Waals surface area (Å²) in [7, 11) is 0. The molecule has 3 N–H and O–H groups in total. The van der Waals surface area contributed by atoms with Gasteiger partial charge in [0.25, 0.3) is 5.56 Å². The molecule has 0 bridgehead atoms. The van der Waals surface area contributed by atoms with Crippen LogP contribution in [0.1, 0.15) is 5.56 Å². The van der Waals surface area contributed by atoms with Crippen molar-refractivity contribution in [3.8, 4) is 11.1 Å². The normalized spacial score (nSPS) is 11.7. The summed E-state index contributed by atoms with van der Waals surface area (Å²) in [6.07, 6.45) is 3.32. The molecule has 0 aliphatic heterocycles. The highest BCUT2D eigenvalue weighted by Crippen LogP contribution is 2.37. The van der Waals surface area contributed by atoms with Gasteiger partial charge in [0.05, 0.1) is 5.56 Å². The molecule has 0 fully saturated rings. The van der Waals surface area contributed by atoms with E-state index >= 15 is 0 Å². The van der Waals surface area contributed by atoms with Gasteiger partial charge in [-0.3, -0.25) is 14.7 Å². The van der Waals surface area contributed by atoms with Crippen LogP contribution in [0.15, 0.2) is 50.7 Å². The van der Waals surface area contributed by atoms with Crippen LogP contribution in [-0.2, 0) is 0 Å². The Morgan fingerprint density at radius 1 is 1.08 bits per heavy atom. The summed E-state index contributed by atoms with van der Waals surface area (Å²) in [4.78, 5) is 31.6. The van der Waals surface area contributed by atoms with E-state index in [-0.39, 0.29) is 11.0 Å². The smallest absolute Gasteiger partial charge is 0.255 e. The third-order valence-electron chi connectivity index (χ3n) is 4.50. The molecule has 0 atom stereocenters. The second-order valence-electron chi connectivity index (χ2n) is 5.92. The maximum Gasteiger partial charge on any atom is 0.255 e. The zero-order valence-electron chi connectivity index (χ0n) is 13.1. The molecule has 7 heteroatoms. The van der Waals surface area contributed by atoms with E-state index in [1.165, 1.54) is 6.07 Å². The van der Waals surface area contributed by atoms with Gasteiger partial charge in [0, 0.05) is 34.3 Å². The van der Waals surface area contributed by atoms with Crippen molar-refractivity contribution in [1.82, 2.24) is 20.2 Å². The molecule has 0 aliphatic rings. The van der Waals surface area contributed by atoms with Gasteiger partial charge in [0.1, 0.15) is 11.1 Å². The first-order valence-corrected chi connectivity index (χ1v) is 7.75. The van der Waals surface area contributed by atoms with Gasteiger partial charge in [-0.25, -0.2) is 4.98 Å². The minimum absolute atomic E-state index is 0.0930. The largest absolute Gasteiger partial charge is 0.453 e. The first-order chi connectivity index (χ1) is 12.1. The molecular formula is C18H12N4O3. The topological polar surface area (TPSA) is 108 Å². The number of rotatable bonds is 1. The van der Waals surface area contributed by atoms with E-state index < -0.39 is 0 Å². The second-order valence-corrected chi connectivity index (χ2v) is 5.92. The lowest BCUT2D eigenvalue weighted by molar-refractivity contribution is 0.666.